The van der Waals surface area contributed by atoms with Crippen LogP contribution in [0.25, 0.3) is 0 Å². The molecule has 0 heterocycles. The smallest absolute Gasteiger partial charge is 0.306 e. The fraction of sp³-hybridized carbons (Fsp3) is 0.882. The van der Waals surface area contributed by atoms with E-state index in [0.717, 1.165) is 64.2 Å². The molecular weight excluding hydrogens is 1010 g/mol. The summed E-state index contributed by atoms with van der Waals surface area (Å²) in [7, 11) is 0. The van der Waals surface area contributed by atoms with Gasteiger partial charge in [-0.25, -0.2) is 0 Å². The van der Waals surface area contributed by atoms with Crippen LogP contribution < -0.4 is 0 Å². The lowest BCUT2D eigenvalue weighted by Crippen LogP contribution is -2.30. The van der Waals surface area contributed by atoms with Crippen LogP contribution in [0.15, 0.2) is 36.5 Å². The van der Waals surface area contributed by atoms with E-state index >= 15 is 0 Å². The van der Waals surface area contributed by atoms with Gasteiger partial charge in [0.25, 0.3) is 0 Å². The molecule has 0 spiro atoms. The zero-order chi connectivity index (χ0) is 59.2. The van der Waals surface area contributed by atoms with Gasteiger partial charge in [-0.2, -0.15) is 0 Å². The Balaban J connectivity index is 4.30. The Morgan fingerprint density at radius 1 is 0.244 bits per heavy atom. The van der Waals surface area contributed by atoms with Crippen LogP contribution in [-0.2, 0) is 28.6 Å². The maximum atomic E-state index is 13.0. The molecule has 0 aromatic rings. The van der Waals surface area contributed by atoms with Gasteiger partial charge in [-0.05, 0) is 77.0 Å². The van der Waals surface area contributed by atoms with Crippen molar-refractivity contribution in [3.63, 3.8) is 0 Å². The fourth-order valence-corrected chi connectivity index (χ4v) is 11.3. The number of unbranched alkanes of at least 4 members (excludes halogenated alkanes) is 52. The number of carbonyl (C=O) groups excluding carboxylic acids is 3. The van der Waals surface area contributed by atoms with Gasteiger partial charge in [-0.15, -0.1) is 0 Å². The lowest BCUT2D eigenvalue weighted by Gasteiger charge is -2.18. The molecule has 1 atom stereocenters. The van der Waals surface area contributed by atoms with Crippen molar-refractivity contribution in [3.05, 3.63) is 36.5 Å². The van der Waals surface area contributed by atoms with Gasteiger partial charge < -0.3 is 14.2 Å². The van der Waals surface area contributed by atoms with E-state index in [0.29, 0.717) is 19.3 Å². The Morgan fingerprint density at radius 2 is 0.439 bits per heavy atom. The van der Waals surface area contributed by atoms with Crippen LogP contribution in [0.5, 0.6) is 0 Å². The summed E-state index contributed by atoms with van der Waals surface area (Å²) in [6.07, 6.45) is 88.9. The number of allylic oxidation sites excluding steroid dienone is 6. The van der Waals surface area contributed by atoms with Crippen molar-refractivity contribution < 1.29 is 28.6 Å². The Kier molecular flexibility index (Phi) is 69.1. The van der Waals surface area contributed by atoms with Crippen LogP contribution in [-0.4, -0.2) is 37.2 Å². The molecule has 0 bridgehead atoms. The number of rotatable bonds is 69. The van der Waals surface area contributed by atoms with Crippen molar-refractivity contribution >= 4 is 17.9 Å². The zero-order valence-electron chi connectivity index (χ0n) is 55.5. The lowest BCUT2D eigenvalue weighted by atomic mass is 10.0. The first-order valence-corrected chi connectivity index (χ1v) is 37.0. The van der Waals surface area contributed by atoms with Crippen LogP contribution in [0.3, 0.4) is 0 Å². The quantitative estimate of drug-likeness (QED) is 0.0261. The molecule has 0 N–H and O–H groups in total. The Morgan fingerprint density at radius 3 is 0.683 bits per heavy atom. The average molecular weight is 1150 g/mol. The number of carbonyl (C=O) groups is 3. The van der Waals surface area contributed by atoms with Crippen molar-refractivity contribution in [1.82, 2.24) is 0 Å². The number of hydrogen-bond donors (Lipinski definition) is 0. The largest absolute Gasteiger partial charge is 0.462 e. The number of ether oxygens (including phenoxy) is 3. The summed E-state index contributed by atoms with van der Waals surface area (Å²) in [5.41, 5.74) is 0. The molecule has 0 fully saturated rings. The third kappa shape index (κ3) is 68.4. The summed E-state index contributed by atoms with van der Waals surface area (Å²) in [6.45, 7) is 6.71. The Labute approximate surface area is 512 Å². The van der Waals surface area contributed by atoms with Crippen molar-refractivity contribution in [2.45, 2.75) is 419 Å². The summed E-state index contributed by atoms with van der Waals surface area (Å²) in [5.74, 6) is -0.840. The predicted molar refractivity (Wildman–Crippen MR) is 358 cm³/mol. The van der Waals surface area contributed by atoms with Gasteiger partial charge in [0.1, 0.15) is 13.2 Å². The van der Waals surface area contributed by atoms with Crippen molar-refractivity contribution in [3.8, 4) is 0 Å². The van der Waals surface area contributed by atoms with Gasteiger partial charge >= 0.3 is 17.9 Å². The highest BCUT2D eigenvalue weighted by atomic mass is 16.6. The Hall–Kier alpha value is -2.37. The molecular formula is C76H142O6. The van der Waals surface area contributed by atoms with Gasteiger partial charge in [0.05, 0.1) is 0 Å². The summed E-state index contributed by atoms with van der Waals surface area (Å²) in [4.78, 5) is 38.5. The van der Waals surface area contributed by atoms with E-state index in [4.69, 9.17) is 14.2 Å². The molecule has 482 valence electrons. The van der Waals surface area contributed by atoms with Gasteiger partial charge in [0.2, 0.25) is 0 Å². The summed E-state index contributed by atoms with van der Waals surface area (Å²) < 4.78 is 17.0. The van der Waals surface area contributed by atoms with E-state index in [-0.39, 0.29) is 31.1 Å². The second kappa shape index (κ2) is 71.1. The molecule has 0 saturated carbocycles. The number of esters is 3. The van der Waals surface area contributed by atoms with E-state index in [2.05, 4.69) is 57.2 Å². The highest BCUT2D eigenvalue weighted by Gasteiger charge is 2.20. The molecule has 0 aromatic heterocycles. The van der Waals surface area contributed by atoms with Crippen LogP contribution in [0, 0.1) is 0 Å². The van der Waals surface area contributed by atoms with Gasteiger partial charge in [-0.1, -0.05) is 353 Å². The van der Waals surface area contributed by atoms with E-state index in [9.17, 15) is 14.4 Å². The zero-order valence-corrected chi connectivity index (χ0v) is 55.5. The molecule has 0 rings (SSSR count). The normalized spacial score (nSPS) is 12.2. The first-order valence-electron chi connectivity index (χ1n) is 37.0. The van der Waals surface area contributed by atoms with E-state index in [1.54, 1.807) is 0 Å². The molecule has 0 aliphatic rings. The first-order chi connectivity index (χ1) is 40.5. The monoisotopic (exact) mass is 1150 g/mol. The minimum Gasteiger partial charge on any atom is -0.462 e. The van der Waals surface area contributed by atoms with E-state index < -0.39 is 6.10 Å². The summed E-state index contributed by atoms with van der Waals surface area (Å²) in [5, 5.41) is 0. The first kappa shape index (κ1) is 79.6. The predicted octanol–water partition coefficient (Wildman–Crippen LogP) is 25.5. The standard InChI is InChI=1S/C76H142O6/c1-4-7-10-13-16-19-22-25-28-31-34-36-37-38-39-41-42-45-48-51-54-57-60-63-66-69-75(78)81-72-73(71-80-74(77)68-65-62-59-56-53-50-47-44-33-30-27-24-21-18-15-12-9-6-3)82-76(79)70-67-64-61-58-55-52-49-46-43-40-35-32-29-26-23-20-17-14-11-8-5-2/h23,26,31-32,34-35,73H,4-22,24-25,27-30,33,36-72H2,1-3H3/b26-23-,34-31-,35-32-. The maximum absolute atomic E-state index is 13.0. The maximum Gasteiger partial charge on any atom is 0.306 e. The SMILES string of the molecule is CCCCCCC/C=C\C/C=C\CCCCCCCCCCCC(=O)OC(COC(=O)CCCCCCCCCCCCCCC/C=C\CCCCCCCCCC)COC(=O)CCCCCCCCCCCCCCCCCCCC. The minimum atomic E-state index is -0.774. The third-order valence-corrected chi connectivity index (χ3v) is 16.9. The molecule has 6 heteroatoms. The Bertz CT molecular complexity index is 1370. The second-order valence-corrected chi connectivity index (χ2v) is 25.2. The average Bonchev–Trinajstić information content (AvgIpc) is 3.47. The number of hydrogen-bond acceptors (Lipinski definition) is 6. The van der Waals surface area contributed by atoms with E-state index in [1.165, 1.54) is 308 Å². The van der Waals surface area contributed by atoms with Crippen LogP contribution in [0.4, 0.5) is 0 Å². The molecule has 82 heavy (non-hydrogen) atoms. The van der Waals surface area contributed by atoms with Gasteiger partial charge in [-0.3, -0.25) is 14.4 Å². The van der Waals surface area contributed by atoms with Crippen LogP contribution in [0.2, 0.25) is 0 Å². The summed E-state index contributed by atoms with van der Waals surface area (Å²) >= 11 is 0. The van der Waals surface area contributed by atoms with Crippen LogP contribution in [0.1, 0.15) is 412 Å². The van der Waals surface area contributed by atoms with Gasteiger partial charge in [0, 0.05) is 19.3 Å². The van der Waals surface area contributed by atoms with Crippen LogP contribution >= 0.6 is 0 Å². The van der Waals surface area contributed by atoms with Gasteiger partial charge in [0.15, 0.2) is 6.10 Å². The highest BCUT2D eigenvalue weighted by Crippen LogP contribution is 2.19. The molecule has 6 nitrogen and oxygen atoms in total. The van der Waals surface area contributed by atoms with Crippen molar-refractivity contribution in [2.75, 3.05) is 13.2 Å². The molecule has 0 saturated heterocycles. The lowest BCUT2D eigenvalue weighted by molar-refractivity contribution is -0.167. The van der Waals surface area contributed by atoms with Crippen molar-refractivity contribution in [2.24, 2.45) is 0 Å². The van der Waals surface area contributed by atoms with Crippen molar-refractivity contribution in [1.29, 1.82) is 0 Å². The topological polar surface area (TPSA) is 78.9 Å². The molecule has 0 aromatic carbocycles. The molecule has 1 unspecified atom stereocenters. The molecule has 0 aliphatic heterocycles. The highest BCUT2D eigenvalue weighted by molar-refractivity contribution is 5.71. The molecule has 0 amide bonds. The second-order valence-electron chi connectivity index (χ2n) is 25.2. The molecule has 0 aliphatic carbocycles. The minimum absolute atomic E-state index is 0.0683. The molecule has 0 radical (unpaired) electrons. The fourth-order valence-electron chi connectivity index (χ4n) is 11.3. The van der Waals surface area contributed by atoms with E-state index in [1.807, 2.05) is 0 Å². The third-order valence-electron chi connectivity index (χ3n) is 16.9. The summed E-state index contributed by atoms with van der Waals surface area (Å²) in [6, 6.07) is 0.